The number of carbonyl (C=O) groups is 1. The number of likely N-dealkylation sites (tertiary alicyclic amines) is 1. The summed E-state index contributed by atoms with van der Waals surface area (Å²) in [4.78, 5) is 14.7. The second-order valence-corrected chi connectivity index (χ2v) is 6.85. The first-order valence-electron chi connectivity index (χ1n) is 8.70. The van der Waals surface area contributed by atoms with Crippen LogP contribution in [-0.4, -0.2) is 39.8 Å². The van der Waals surface area contributed by atoms with E-state index in [1.54, 1.807) is 0 Å². The number of para-hydroxylation sites is 1. The van der Waals surface area contributed by atoms with Gasteiger partial charge >= 0.3 is 0 Å². The molecular formula is C19H23N3O2. The highest BCUT2D eigenvalue weighted by molar-refractivity contribution is 5.83. The number of rotatable bonds is 4. The van der Waals surface area contributed by atoms with Gasteiger partial charge < -0.3 is 9.64 Å². The summed E-state index contributed by atoms with van der Waals surface area (Å²) in [6.45, 7) is 1.60. The molecule has 2 unspecified atom stereocenters. The van der Waals surface area contributed by atoms with Crippen LogP contribution in [0.25, 0.3) is 0 Å². The van der Waals surface area contributed by atoms with E-state index in [4.69, 9.17) is 4.74 Å². The zero-order valence-corrected chi connectivity index (χ0v) is 14.0. The Labute approximate surface area is 142 Å². The van der Waals surface area contributed by atoms with Crippen molar-refractivity contribution >= 4 is 5.91 Å². The van der Waals surface area contributed by atoms with E-state index in [2.05, 4.69) is 5.10 Å². The fourth-order valence-electron chi connectivity index (χ4n) is 3.59. The lowest BCUT2D eigenvalue weighted by molar-refractivity contribution is -0.134. The molecular weight excluding hydrogens is 302 g/mol. The molecule has 5 heteroatoms. The number of ether oxygens (including phenoxy) is 1. The molecule has 0 radical (unpaired) electrons. The number of hydrogen-bond acceptors (Lipinski definition) is 3. The third kappa shape index (κ3) is 3.16. The van der Waals surface area contributed by atoms with E-state index in [9.17, 15) is 4.79 Å². The van der Waals surface area contributed by atoms with Crippen LogP contribution in [0.5, 0.6) is 5.75 Å². The molecule has 1 aromatic carbocycles. The van der Waals surface area contributed by atoms with Gasteiger partial charge in [-0.1, -0.05) is 18.2 Å². The van der Waals surface area contributed by atoms with Gasteiger partial charge in [0.15, 0.2) is 0 Å². The lowest BCUT2D eigenvalue weighted by atomic mass is 10.1. The molecule has 2 fully saturated rings. The molecule has 1 saturated carbocycles. The molecule has 2 aromatic rings. The molecule has 1 aliphatic heterocycles. The summed E-state index contributed by atoms with van der Waals surface area (Å²) in [5.41, 5.74) is 1.19. The average molecular weight is 325 g/mol. The van der Waals surface area contributed by atoms with E-state index in [0.717, 1.165) is 38.1 Å². The number of amides is 1. The van der Waals surface area contributed by atoms with Crippen molar-refractivity contribution in [2.24, 2.45) is 13.0 Å². The van der Waals surface area contributed by atoms with Crippen LogP contribution in [0.4, 0.5) is 0 Å². The van der Waals surface area contributed by atoms with E-state index in [1.165, 1.54) is 5.56 Å². The van der Waals surface area contributed by atoms with Crippen LogP contribution in [0.1, 0.15) is 30.7 Å². The predicted octanol–water partition coefficient (Wildman–Crippen LogP) is 2.59. The molecule has 2 atom stereocenters. The Hall–Kier alpha value is -2.30. The standard InChI is InChI=1S/C19H23N3O2/c1-21-13-14(12-20-21)17-11-18(17)19(23)22-9-7-16(8-10-22)24-15-5-3-2-4-6-15/h2-6,12-13,16-18H,7-11H2,1H3. The van der Waals surface area contributed by atoms with E-state index in [-0.39, 0.29) is 12.0 Å². The molecule has 0 spiro atoms. The Morgan fingerprint density at radius 1 is 1.21 bits per heavy atom. The Kier molecular flexibility index (Phi) is 4.00. The quantitative estimate of drug-likeness (QED) is 0.868. The molecule has 1 aromatic heterocycles. The van der Waals surface area contributed by atoms with Gasteiger partial charge in [-0.25, -0.2) is 0 Å². The lowest BCUT2D eigenvalue weighted by Gasteiger charge is -2.32. The minimum absolute atomic E-state index is 0.154. The predicted molar refractivity (Wildman–Crippen MR) is 90.7 cm³/mol. The van der Waals surface area contributed by atoms with E-state index in [1.807, 2.05) is 59.4 Å². The molecule has 0 N–H and O–H groups in total. The summed E-state index contributed by atoms with van der Waals surface area (Å²) >= 11 is 0. The Morgan fingerprint density at radius 3 is 2.62 bits per heavy atom. The van der Waals surface area contributed by atoms with E-state index >= 15 is 0 Å². The highest BCUT2D eigenvalue weighted by Crippen LogP contribution is 2.48. The largest absolute Gasteiger partial charge is 0.490 e. The zero-order valence-electron chi connectivity index (χ0n) is 14.0. The summed E-state index contributed by atoms with van der Waals surface area (Å²) in [5.74, 6) is 1.74. The van der Waals surface area contributed by atoms with Crippen molar-refractivity contribution in [3.8, 4) is 5.75 Å². The number of benzene rings is 1. The summed E-state index contributed by atoms with van der Waals surface area (Å²) in [5, 5.41) is 4.21. The molecule has 1 saturated heterocycles. The van der Waals surface area contributed by atoms with Gasteiger partial charge in [0.05, 0.1) is 6.20 Å². The maximum Gasteiger partial charge on any atom is 0.226 e. The molecule has 24 heavy (non-hydrogen) atoms. The van der Waals surface area contributed by atoms with Crippen molar-refractivity contribution in [1.82, 2.24) is 14.7 Å². The molecule has 1 amide bonds. The summed E-state index contributed by atoms with van der Waals surface area (Å²) < 4.78 is 7.81. The Bertz CT molecular complexity index is 704. The van der Waals surface area contributed by atoms with Crippen LogP contribution >= 0.6 is 0 Å². The number of aromatic nitrogens is 2. The van der Waals surface area contributed by atoms with Crippen molar-refractivity contribution in [2.45, 2.75) is 31.3 Å². The van der Waals surface area contributed by atoms with Crippen molar-refractivity contribution in [1.29, 1.82) is 0 Å². The van der Waals surface area contributed by atoms with Crippen LogP contribution in [0.2, 0.25) is 0 Å². The summed E-state index contributed by atoms with van der Waals surface area (Å²) in [6, 6.07) is 9.93. The molecule has 5 nitrogen and oxygen atoms in total. The van der Waals surface area contributed by atoms with Gasteiger partial charge in [-0.05, 0) is 30.0 Å². The van der Waals surface area contributed by atoms with Gasteiger partial charge in [0.2, 0.25) is 5.91 Å². The molecule has 1 aliphatic carbocycles. The second-order valence-electron chi connectivity index (χ2n) is 6.85. The van der Waals surface area contributed by atoms with E-state index in [0.29, 0.717) is 11.8 Å². The van der Waals surface area contributed by atoms with Crippen LogP contribution in [-0.2, 0) is 11.8 Å². The minimum Gasteiger partial charge on any atom is -0.490 e. The maximum absolute atomic E-state index is 12.7. The molecule has 2 aliphatic rings. The fraction of sp³-hybridized carbons (Fsp3) is 0.474. The van der Waals surface area contributed by atoms with Gasteiger partial charge in [0.25, 0.3) is 0 Å². The van der Waals surface area contributed by atoms with Crippen LogP contribution < -0.4 is 4.74 Å². The molecule has 4 rings (SSSR count). The third-order valence-corrected chi connectivity index (χ3v) is 5.06. The van der Waals surface area contributed by atoms with Crippen LogP contribution in [0.15, 0.2) is 42.7 Å². The topological polar surface area (TPSA) is 47.4 Å². The van der Waals surface area contributed by atoms with Crippen molar-refractivity contribution in [3.63, 3.8) is 0 Å². The van der Waals surface area contributed by atoms with Crippen LogP contribution in [0, 0.1) is 5.92 Å². The molecule has 0 bridgehead atoms. The zero-order chi connectivity index (χ0) is 16.5. The Balaban J connectivity index is 1.28. The summed E-state index contributed by atoms with van der Waals surface area (Å²) in [7, 11) is 1.92. The summed E-state index contributed by atoms with van der Waals surface area (Å²) in [6.07, 6.45) is 6.90. The Morgan fingerprint density at radius 2 is 1.96 bits per heavy atom. The smallest absolute Gasteiger partial charge is 0.226 e. The number of aryl methyl sites for hydroxylation is 1. The first-order valence-corrected chi connectivity index (χ1v) is 8.70. The average Bonchev–Trinajstić information content (AvgIpc) is 3.30. The third-order valence-electron chi connectivity index (χ3n) is 5.06. The number of carbonyl (C=O) groups excluding carboxylic acids is 1. The second kappa shape index (κ2) is 6.30. The first-order chi connectivity index (χ1) is 11.7. The van der Waals surface area contributed by atoms with E-state index < -0.39 is 0 Å². The molecule has 2 heterocycles. The minimum atomic E-state index is 0.154. The lowest BCUT2D eigenvalue weighted by Crippen LogP contribution is -2.42. The normalized spacial score (nSPS) is 24.0. The number of nitrogens with zero attached hydrogens (tertiary/aromatic N) is 3. The maximum atomic E-state index is 12.7. The van der Waals surface area contributed by atoms with Crippen LogP contribution in [0.3, 0.4) is 0 Å². The number of piperidine rings is 1. The van der Waals surface area contributed by atoms with Gasteiger partial charge in [0, 0.05) is 45.1 Å². The highest BCUT2D eigenvalue weighted by atomic mass is 16.5. The van der Waals surface area contributed by atoms with Crippen molar-refractivity contribution in [2.75, 3.05) is 13.1 Å². The monoisotopic (exact) mass is 325 g/mol. The SMILES string of the molecule is Cn1cc(C2CC2C(=O)N2CCC(Oc3ccccc3)CC2)cn1. The highest BCUT2D eigenvalue weighted by Gasteiger charge is 2.46. The van der Waals surface area contributed by atoms with Gasteiger partial charge in [-0.3, -0.25) is 9.48 Å². The van der Waals surface area contributed by atoms with Gasteiger partial charge in [-0.15, -0.1) is 0 Å². The number of hydrogen-bond donors (Lipinski definition) is 0. The van der Waals surface area contributed by atoms with Gasteiger partial charge in [0.1, 0.15) is 11.9 Å². The first kappa shape index (κ1) is 15.2. The molecule has 126 valence electrons. The van der Waals surface area contributed by atoms with Gasteiger partial charge in [-0.2, -0.15) is 5.10 Å². The van der Waals surface area contributed by atoms with Crippen molar-refractivity contribution < 1.29 is 9.53 Å². The van der Waals surface area contributed by atoms with Crippen molar-refractivity contribution in [3.05, 3.63) is 48.3 Å². The fourth-order valence-corrected chi connectivity index (χ4v) is 3.59.